The fraction of sp³-hybridized carbons (Fsp3) is 0.600. The molecular formula is C15H23FN2O. The van der Waals surface area contributed by atoms with Crippen LogP contribution in [0, 0.1) is 5.82 Å². The standard InChI is InChI=1S/C15H23FN2O/c1-11(17)12-6-7-15(14(16)10-12)18(8-9-19)13-4-2-3-5-13/h6-7,10-11,13,19H,2-5,8-9,17H2,1H3. The summed E-state index contributed by atoms with van der Waals surface area (Å²) < 4.78 is 14.3. The summed E-state index contributed by atoms with van der Waals surface area (Å²) in [5.41, 5.74) is 7.16. The van der Waals surface area contributed by atoms with Gasteiger partial charge in [-0.05, 0) is 37.5 Å². The second kappa shape index (κ2) is 6.35. The fourth-order valence-electron chi connectivity index (χ4n) is 2.86. The van der Waals surface area contributed by atoms with Crippen LogP contribution in [-0.4, -0.2) is 24.3 Å². The fourth-order valence-corrected chi connectivity index (χ4v) is 2.86. The molecule has 0 bridgehead atoms. The van der Waals surface area contributed by atoms with Gasteiger partial charge in [0.1, 0.15) is 5.82 Å². The van der Waals surface area contributed by atoms with Crippen molar-refractivity contribution in [1.29, 1.82) is 0 Å². The van der Waals surface area contributed by atoms with Crippen LogP contribution in [0.2, 0.25) is 0 Å². The van der Waals surface area contributed by atoms with Crippen molar-refractivity contribution >= 4 is 5.69 Å². The van der Waals surface area contributed by atoms with Crippen molar-refractivity contribution in [3.63, 3.8) is 0 Å². The normalized spacial score (nSPS) is 17.7. The van der Waals surface area contributed by atoms with Gasteiger partial charge in [0.15, 0.2) is 0 Å². The van der Waals surface area contributed by atoms with Crippen molar-refractivity contribution < 1.29 is 9.50 Å². The zero-order valence-corrected chi connectivity index (χ0v) is 11.5. The molecule has 0 aliphatic heterocycles. The van der Waals surface area contributed by atoms with E-state index in [1.807, 2.05) is 17.9 Å². The van der Waals surface area contributed by atoms with E-state index in [0.29, 0.717) is 18.3 Å². The summed E-state index contributed by atoms with van der Waals surface area (Å²) in [4.78, 5) is 2.01. The highest BCUT2D eigenvalue weighted by Gasteiger charge is 2.24. The molecule has 0 saturated heterocycles. The molecule has 3 N–H and O–H groups in total. The predicted molar refractivity (Wildman–Crippen MR) is 75.7 cm³/mol. The van der Waals surface area contributed by atoms with Gasteiger partial charge in [0.2, 0.25) is 0 Å². The van der Waals surface area contributed by atoms with Gasteiger partial charge in [-0.2, -0.15) is 0 Å². The van der Waals surface area contributed by atoms with Crippen molar-refractivity contribution in [2.24, 2.45) is 5.73 Å². The zero-order valence-electron chi connectivity index (χ0n) is 11.5. The van der Waals surface area contributed by atoms with Gasteiger partial charge in [-0.15, -0.1) is 0 Å². The van der Waals surface area contributed by atoms with Crippen LogP contribution >= 0.6 is 0 Å². The third-order valence-corrected chi connectivity index (χ3v) is 3.91. The smallest absolute Gasteiger partial charge is 0.146 e. The number of aliphatic hydroxyl groups is 1. The topological polar surface area (TPSA) is 49.5 Å². The maximum atomic E-state index is 14.3. The summed E-state index contributed by atoms with van der Waals surface area (Å²) in [6.07, 6.45) is 4.53. The first kappa shape index (κ1) is 14.3. The highest BCUT2D eigenvalue weighted by atomic mass is 19.1. The summed E-state index contributed by atoms with van der Waals surface area (Å²) >= 11 is 0. The summed E-state index contributed by atoms with van der Waals surface area (Å²) in [5.74, 6) is -0.241. The van der Waals surface area contributed by atoms with Gasteiger partial charge in [0, 0.05) is 18.6 Å². The number of halogens is 1. The summed E-state index contributed by atoms with van der Waals surface area (Å²) in [6.45, 7) is 2.38. The highest BCUT2D eigenvalue weighted by Crippen LogP contribution is 2.30. The number of hydrogen-bond acceptors (Lipinski definition) is 3. The van der Waals surface area contributed by atoms with Gasteiger partial charge >= 0.3 is 0 Å². The minimum Gasteiger partial charge on any atom is -0.395 e. The first-order chi connectivity index (χ1) is 9.13. The molecule has 0 radical (unpaired) electrons. The minimum absolute atomic E-state index is 0.0466. The molecule has 0 heterocycles. The zero-order chi connectivity index (χ0) is 13.8. The largest absolute Gasteiger partial charge is 0.395 e. The molecule has 2 rings (SSSR count). The molecule has 0 amide bonds. The van der Waals surface area contributed by atoms with Gasteiger partial charge in [-0.25, -0.2) is 4.39 Å². The van der Waals surface area contributed by atoms with E-state index in [0.717, 1.165) is 18.4 Å². The van der Waals surface area contributed by atoms with Crippen molar-refractivity contribution in [3.8, 4) is 0 Å². The number of aliphatic hydroxyl groups excluding tert-OH is 1. The lowest BCUT2D eigenvalue weighted by Crippen LogP contribution is -2.36. The minimum atomic E-state index is -0.241. The quantitative estimate of drug-likeness (QED) is 0.861. The maximum absolute atomic E-state index is 14.3. The summed E-state index contributed by atoms with van der Waals surface area (Å²) in [5, 5.41) is 9.21. The molecule has 1 aliphatic rings. The molecule has 1 atom stereocenters. The molecule has 3 nitrogen and oxygen atoms in total. The van der Waals surface area contributed by atoms with Crippen molar-refractivity contribution in [2.75, 3.05) is 18.1 Å². The molecule has 1 aliphatic carbocycles. The van der Waals surface area contributed by atoms with Crippen LogP contribution in [0.15, 0.2) is 18.2 Å². The molecule has 0 aromatic heterocycles. The van der Waals surface area contributed by atoms with Crippen LogP contribution in [0.3, 0.4) is 0 Å². The first-order valence-electron chi connectivity index (χ1n) is 7.06. The second-order valence-corrected chi connectivity index (χ2v) is 5.35. The number of benzene rings is 1. The lowest BCUT2D eigenvalue weighted by atomic mass is 10.1. The van der Waals surface area contributed by atoms with Crippen LogP contribution in [0.5, 0.6) is 0 Å². The van der Waals surface area contributed by atoms with Crippen LogP contribution in [0.1, 0.15) is 44.2 Å². The predicted octanol–water partition coefficient (Wildman–Crippen LogP) is 2.59. The molecule has 19 heavy (non-hydrogen) atoms. The van der Waals surface area contributed by atoms with Gasteiger partial charge in [-0.1, -0.05) is 18.9 Å². The number of hydrogen-bond donors (Lipinski definition) is 2. The van der Waals surface area contributed by atoms with E-state index >= 15 is 0 Å². The average Bonchev–Trinajstić information content (AvgIpc) is 2.90. The van der Waals surface area contributed by atoms with E-state index in [2.05, 4.69) is 0 Å². The Labute approximate surface area is 114 Å². The molecule has 4 heteroatoms. The number of nitrogens with two attached hydrogens (primary N) is 1. The lowest BCUT2D eigenvalue weighted by Gasteiger charge is -2.31. The monoisotopic (exact) mass is 266 g/mol. The average molecular weight is 266 g/mol. The van der Waals surface area contributed by atoms with E-state index in [1.54, 1.807) is 6.07 Å². The number of anilines is 1. The third kappa shape index (κ3) is 3.25. The number of nitrogens with zero attached hydrogens (tertiary/aromatic N) is 1. The van der Waals surface area contributed by atoms with Gasteiger partial charge in [0.05, 0.1) is 12.3 Å². The molecular weight excluding hydrogens is 243 g/mol. The van der Waals surface area contributed by atoms with Gasteiger partial charge in [-0.3, -0.25) is 0 Å². The van der Waals surface area contributed by atoms with E-state index in [-0.39, 0.29) is 18.5 Å². The highest BCUT2D eigenvalue weighted by molar-refractivity contribution is 5.50. The molecule has 1 aromatic rings. The molecule has 1 unspecified atom stereocenters. The maximum Gasteiger partial charge on any atom is 0.146 e. The van der Waals surface area contributed by atoms with Crippen molar-refractivity contribution in [2.45, 2.75) is 44.7 Å². The number of rotatable bonds is 5. The Morgan fingerprint density at radius 1 is 1.42 bits per heavy atom. The Balaban J connectivity index is 2.25. The Hall–Kier alpha value is -1.13. The molecule has 1 aromatic carbocycles. The van der Waals surface area contributed by atoms with E-state index in [4.69, 9.17) is 5.73 Å². The molecule has 0 spiro atoms. The van der Waals surface area contributed by atoms with Crippen LogP contribution in [0.25, 0.3) is 0 Å². The Morgan fingerprint density at radius 3 is 2.63 bits per heavy atom. The van der Waals surface area contributed by atoms with Gasteiger partial charge < -0.3 is 15.7 Å². The molecule has 106 valence electrons. The third-order valence-electron chi connectivity index (χ3n) is 3.91. The van der Waals surface area contributed by atoms with Crippen LogP contribution in [-0.2, 0) is 0 Å². The Morgan fingerprint density at radius 2 is 2.11 bits per heavy atom. The van der Waals surface area contributed by atoms with E-state index in [9.17, 15) is 9.50 Å². The van der Waals surface area contributed by atoms with Gasteiger partial charge in [0.25, 0.3) is 0 Å². The van der Waals surface area contributed by atoms with Crippen LogP contribution in [0.4, 0.5) is 10.1 Å². The summed E-state index contributed by atoms with van der Waals surface area (Å²) in [6, 6.07) is 5.37. The van der Waals surface area contributed by atoms with Crippen molar-refractivity contribution in [1.82, 2.24) is 0 Å². The molecule has 1 fully saturated rings. The van der Waals surface area contributed by atoms with E-state index in [1.165, 1.54) is 18.9 Å². The second-order valence-electron chi connectivity index (χ2n) is 5.35. The SMILES string of the molecule is CC(N)c1ccc(N(CCO)C2CCCC2)c(F)c1. The lowest BCUT2D eigenvalue weighted by molar-refractivity contribution is 0.296. The first-order valence-corrected chi connectivity index (χ1v) is 7.06. The Kier molecular flexibility index (Phi) is 4.77. The van der Waals surface area contributed by atoms with E-state index < -0.39 is 0 Å². The van der Waals surface area contributed by atoms with Crippen LogP contribution < -0.4 is 10.6 Å². The van der Waals surface area contributed by atoms with Crippen molar-refractivity contribution in [3.05, 3.63) is 29.6 Å². The molecule has 1 saturated carbocycles. The summed E-state index contributed by atoms with van der Waals surface area (Å²) in [7, 11) is 0. The Bertz CT molecular complexity index is 417.